The molecule has 2 heteroatoms. The normalized spacial score (nSPS) is 31.3. The molecule has 0 atom stereocenters. The van der Waals surface area contributed by atoms with Crippen LogP contribution in [0.4, 0.5) is 0 Å². The minimum absolute atomic E-state index is 0.473. The molecule has 0 saturated heterocycles. The number of hydrogen-bond donors (Lipinski definition) is 1. The molecule has 0 aromatic rings. The Balaban J connectivity index is 1.74. The van der Waals surface area contributed by atoms with Gasteiger partial charge in [0.1, 0.15) is 0 Å². The minimum atomic E-state index is 0.473. The summed E-state index contributed by atoms with van der Waals surface area (Å²) >= 11 is 0. The smallest absolute Gasteiger partial charge is 0.0328 e. The molecular formula is C17H34N2. The maximum Gasteiger partial charge on any atom is 0.0328 e. The number of hydrogen-bond acceptors (Lipinski definition) is 2. The van der Waals surface area contributed by atoms with Gasteiger partial charge < -0.3 is 10.2 Å². The quantitative estimate of drug-likeness (QED) is 0.835. The molecular weight excluding hydrogens is 232 g/mol. The standard InChI is InChI=1S/C17H34N2/c1-16(2,3)14-7-9-15(10-8-14)18-13-17(19(4)5)11-6-12-17/h14-15,18H,6-13H2,1-5H3. The zero-order valence-corrected chi connectivity index (χ0v) is 13.8. The van der Waals surface area contributed by atoms with Crippen molar-refractivity contribution >= 4 is 0 Å². The lowest BCUT2D eigenvalue weighted by Gasteiger charge is -2.48. The van der Waals surface area contributed by atoms with Gasteiger partial charge in [0.05, 0.1) is 0 Å². The molecule has 2 saturated carbocycles. The lowest BCUT2D eigenvalue weighted by atomic mass is 9.71. The van der Waals surface area contributed by atoms with Crippen molar-refractivity contribution in [1.29, 1.82) is 0 Å². The van der Waals surface area contributed by atoms with Crippen LogP contribution < -0.4 is 5.32 Å². The first-order valence-electron chi connectivity index (χ1n) is 8.24. The van der Waals surface area contributed by atoms with Crippen LogP contribution in [0.1, 0.15) is 65.7 Å². The predicted octanol–water partition coefficient (Wildman–Crippen LogP) is 3.67. The number of nitrogens with one attached hydrogen (secondary N) is 1. The van der Waals surface area contributed by atoms with Crippen LogP contribution in [-0.4, -0.2) is 37.1 Å². The summed E-state index contributed by atoms with van der Waals surface area (Å²) in [4.78, 5) is 2.45. The Labute approximate surface area is 120 Å². The SMILES string of the molecule is CN(C)C1(CNC2CCC(C(C)(C)C)CC2)CCC1. The monoisotopic (exact) mass is 266 g/mol. The molecule has 0 bridgehead atoms. The summed E-state index contributed by atoms with van der Waals surface area (Å²) < 4.78 is 0. The molecule has 0 aromatic carbocycles. The molecule has 2 nitrogen and oxygen atoms in total. The van der Waals surface area contributed by atoms with Gasteiger partial charge in [0, 0.05) is 18.1 Å². The first-order valence-corrected chi connectivity index (χ1v) is 8.24. The van der Waals surface area contributed by atoms with Crippen molar-refractivity contribution in [1.82, 2.24) is 10.2 Å². The van der Waals surface area contributed by atoms with Gasteiger partial charge in [0.2, 0.25) is 0 Å². The predicted molar refractivity (Wildman–Crippen MR) is 83.5 cm³/mol. The van der Waals surface area contributed by atoms with Crippen LogP contribution in [0.3, 0.4) is 0 Å². The highest BCUT2D eigenvalue weighted by Gasteiger charge is 2.39. The minimum Gasteiger partial charge on any atom is -0.312 e. The van der Waals surface area contributed by atoms with Gasteiger partial charge in [-0.3, -0.25) is 0 Å². The fourth-order valence-electron chi connectivity index (χ4n) is 3.86. The van der Waals surface area contributed by atoms with E-state index in [9.17, 15) is 0 Å². The van der Waals surface area contributed by atoms with Crippen molar-refractivity contribution < 1.29 is 0 Å². The molecule has 0 aliphatic heterocycles. The van der Waals surface area contributed by atoms with Crippen molar-refractivity contribution in [3.8, 4) is 0 Å². The first kappa shape index (κ1) is 15.3. The highest BCUT2D eigenvalue weighted by molar-refractivity contribution is 4.98. The third-order valence-electron chi connectivity index (χ3n) is 5.90. The van der Waals surface area contributed by atoms with Crippen molar-refractivity contribution in [2.45, 2.75) is 77.3 Å². The molecule has 2 aliphatic carbocycles. The van der Waals surface area contributed by atoms with Crippen molar-refractivity contribution in [3.05, 3.63) is 0 Å². The summed E-state index contributed by atoms with van der Waals surface area (Å²) in [5, 5.41) is 3.88. The summed E-state index contributed by atoms with van der Waals surface area (Å²) in [6.07, 6.45) is 9.76. The van der Waals surface area contributed by atoms with Crippen molar-refractivity contribution in [2.24, 2.45) is 11.3 Å². The van der Waals surface area contributed by atoms with E-state index < -0.39 is 0 Å². The molecule has 2 rings (SSSR count). The van der Waals surface area contributed by atoms with Gasteiger partial charge in [-0.15, -0.1) is 0 Å². The zero-order chi connectivity index (χ0) is 14.1. The lowest BCUT2D eigenvalue weighted by Crippen LogP contribution is -2.58. The van der Waals surface area contributed by atoms with Crippen LogP contribution in [0.25, 0.3) is 0 Å². The van der Waals surface area contributed by atoms with Gasteiger partial charge >= 0.3 is 0 Å². The number of nitrogens with zero attached hydrogens (tertiary/aromatic N) is 1. The third kappa shape index (κ3) is 3.52. The van der Waals surface area contributed by atoms with Crippen LogP contribution in [-0.2, 0) is 0 Å². The Morgan fingerprint density at radius 1 is 1.05 bits per heavy atom. The summed E-state index contributed by atoms with van der Waals surface area (Å²) in [6, 6.07) is 0.774. The molecule has 0 spiro atoms. The third-order valence-corrected chi connectivity index (χ3v) is 5.90. The van der Waals surface area contributed by atoms with Crippen LogP contribution in [0.2, 0.25) is 0 Å². The Hall–Kier alpha value is -0.0800. The van der Waals surface area contributed by atoms with Crippen LogP contribution in [0, 0.1) is 11.3 Å². The topological polar surface area (TPSA) is 15.3 Å². The largest absolute Gasteiger partial charge is 0.312 e. The molecule has 0 unspecified atom stereocenters. The Morgan fingerprint density at radius 2 is 1.63 bits per heavy atom. The van der Waals surface area contributed by atoms with Gasteiger partial charge in [-0.1, -0.05) is 20.8 Å². The molecule has 0 amide bonds. The van der Waals surface area contributed by atoms with E-state index in [1.54, 1.807) is 0 Å². The van der Waals surface area contributed by atoms with E-state index in [-0.39, 0.29) is 0 Å². The van der Waals surface area contributed by atoms with E-state index >= 15 is 0 Å². The maximum atomic E-state index is 3.88. The van der Waals surface area contributed by atoms with Crippen molar-refractivity contribution in [3.63, 3.8) is 0 Å². The second kappa shape index (κ2) is 5.73. The Kier molecular flexibility index (Phi) is 4.62. The van der Waals surface area contributed by atoms with Gasteiger partial charge in [0.25, 0.3) is 0 Å². The Bertz CT molecular complexity index is 278. The average molecular weight is 266 g/mol. The van der Waals surface area contributed by atoms with Gasteiger partial charge in [-0.25, -0.2) is 0 Å². The Morgan fingerprint density at radius 3 is 2.00 bits per heavy atom. The highest BCUT2D eigenvalue weighted by atomic mass is 15.2. The second-order valence-electron chi connectivity index (χ2n) is 8.27. The van der Waals surface area contributed by atoms with Gasteiger partial charge in [-0.05, 0) is 70.4 Å². The lowest BCUT2D eigenvalue weighted by molar-refractivity contribution is 0.0528. The fourth-order valence-corrected chi connectivity index (χ4v) is 3.86. The maximum absolute atomic E-state index is 3.88. The van der Waals surface area contributed by atoms with Crippen LogP contribution >= 0.6 is 0 Å². The highest BCUT2D eigenvalue weighted by Crippen LogP contribution is 2.39. The van der Waals surface area contributed by atoms with Crippen LogP contribution in [0.15, 0.2) is 0 Å². The summed E-state index contributed by atoms with van der Waals surface area (Å²) in [7, 11) is 4.49. The van der Waals surface area contributed by atoms with E-state index in [1.807, 2.05) is 0 Å². The first-order chi connectivity index (χ1) is 8.83. The zero-order valence-electron chi connectivity index (χ0n) is 13.8. The second-order valence-corrected chi connectivity index (χ2v) is 8.27. The molecule has 0 radical (unpaired) electrons. The van der Waals surface area contributed by atoms with E-state index in [0.29, 0.717) is 11.0 Å². The summed E-state index contributed by atoms with van der Waals surface area (Å²) in [5.41, 5.74) is 0.977. The molecule has 19 heavy (non-hydrogen) atoms. The van der Waals surface area contributed by atoms with Gasteiger partial charge in [-0.2, -0.15) is 0 Å². The molecule has 0 aromatic heterocycles. The summed E-state index contributed by atoms with van der Waals surface area (Å²) in [5.74, 6) is 0.928. The summed E-state index contributed by atoms with van der Waals surface area (Å²) in [6.45, 7) is 8.41. The molecule has 0 heterocycles. The van der Waals surface area contributed by atoms with Crippen LogP contribution in [0.5, 0.6) is 0 Å². The average Bonchev–Trinajstić information content (AvgIpc) is 2.26. The molecule has 2 fully saturated rings. The molecule has 1 N–H and O–H groups in total. The van der Waals surface area contributed by atoms with Crippen molar-refractivity contribution in [2.75, 3.05) is 20.6 Å². The molecule has 112 valence electrons. The van der Waals surface area contributed by atoms with E-state index in [1.165, 1.54) is 51.5 Å². The number of likely N-dealkylation sites (N-methyl/N-ethyl adjacent to an activating group) is 1. The van der Waals surface area contributed by atoms with E-state index in [0.717, 1.165) is 12.0 Å². The number of rotatable bonds is 4. The van der Waals surface area contributed by atoms with E-state index in [4.69, 9.17) is 0 Å². The molecule has 2 aliphatic rings. The fraction of sp³-hybridized carbons (Fsp3) is 1.00. The van der Waals surface area contributed by atoms with E-state index in [2.05, 4.69) is 45.1 Å². The van der Waals surface area contributed by atoms with Gasteiger partial charge in [0.15, 0.2) is 0 Å².